The van der Waals surface area contributed by atoms with Gasteiger partial charge < -0.3 is 23.2 Å². The van der Waals surface area contributed by atoms with Crippen LogP contribution >= 0.6 is 0 Å². The van der Waals surface area contributed by atoms with E-state index in [0.717, 1.165) is 11.6 Å². The monoisotopic (exact) mass is 562 g/mol. The number of hydrogen-bond donors (Lipinski definition) is 2. The minimum atomic E-state index is -4.71. The van der Waals surface area contributed by atoms with Gasteiger partial charge in [-0.1, -0.05) is 45.1 Å². The van der Waals surface area contributed by atoms with E-state index in [4.69, 9.17) is 18.5 Å². The van der Waals surface area contributed by atoms with E-state index in [1.807, 2.05) is 12.1 Å². The molecule has 2 aromatic carbocycles. The van der Waals surface area contributed by atoms with Gasteiger partial charge in [0.2, 0.25) is 0 Å². The van der Waals surface area contributed by atoms with Crippen LogP contribution < -0.4 is 18.1 Å². The second-order valence-corrected chi connectivity index (χ2v) is 15.6. The van der Waals surface area contributed by atoms with E-state index in [1.54, 1.807) is 19.3 Å². The Hall–Kier alpha value is -3.54. The highest BCUT2D eigenvalue weighted by Crippen LogP contribution is 2.40. The summed E-state index contributed by atoms with van der Waals surface area (Å²) in [5, 5.41) is 10.2. The maximum Gasteiger partial charge on any atom is 0.446 e. The maximum absolute atomic E-state index is 12.2. The van der Waals surface area contributed by atoms with Gasteiger partial charge in [-0.3, -0.25) is 9.35 Å². The number of rotatable bonds is 11. The molecule has 0 heterocycles. The van der Waals surface area contributed by atoms with Gasteiger partial charge >= 0.3 is 10.4 Å². The van der Waals surface area contributed by atoms with E-state index >= 15 is 0 Å². The first kappa shape index (κ1) is 30.7. The molecule has 0 bridgehead atoms. The molecule has 0 aromatic heterocycles. The average molecular weight is 563 g/mol. The number of hydrogen-bond acceptors (Lipinski definition) is 8. The number of carbonyl (C=O) groups is 1. The van der Waals surface area contributed by atoms with Crippen LogP contribution in [-0.4, -0.2) is 46.4 Å². The number of ketones is 1. The van der Waals surface area contributed by atoms with Gasteiger partial charge in [-0.05, 0) is 65.7 Å². The highest BCUT2D eigenvalue weighted by atomic mass is 32.3. The molecule has 0 aliphatic carbocycles. The first-order valence-electron chi connectivity index (χ1n) is 11.6. The van der Waals surface area contributed by atoms with Crippen molar-refractivity contribution < 1.29 is 41.0 Å². The van der Waals surface area contributed by atoms with Gasteiger partial charge in [-0.25, -0.2) is 0 Å². The van der Waals surface area contributed by atoms with E-state index in [2.05, 4.69) is 38.0 Å². The summed E-state index contributed by atoms with van der Waals surface area (Å²) in [4.78, 5) is 12.2. The van der Waals surface area contributed by atoms with Crippen LogP contribution in [0.5, 0.6) is 23.0 Å². The summed E-state index contributed by atoms with van der Waals surface area (Å²) in [6.07, 6.45) is 6.74. The topological polar surface area (TPSA) is 129 Å². The lowest BCUT2D eigenvalue weighted by atomic mass is 10.1. The van der Waals surface area contributed by atoms with Crippen molar-refractivity contribution in [3.63, 3.8) is 0 Å². The molecule has 0 saturated carbocycles. The molecular formula is C27H34O9SSi. The molecule has 9 nitrogen and oxygen atoms in total. The molecule has 2 aromatic rings. The minimum absolute atomic E-state index is 0.0290. The highest BCUT2D eigenvalue weighted by Gasteiger charge is 2.39. The Morgan fingerprint density at radius 2 is 1.37 bits per heavy atom. The standard InChI is InChI=1S/C27H34O9SSi/c1-27(2,3)38(6,7)36-24-15-11-20(17-26(24)34-5)9-13-22(29)18-21(28)12-8-19-10-14-23(25(16-19)33-4)35-37(30,31)32/h8-18,29H,1-7H3,(H,30,31,32)/b12-8+,13-9+,22-18-. The molecule has 2 N–H and O–H groups in total. The lowest BCUT2D eigenvalue weighted by Gasteiger charge is -2.36. The molecule has 0 radical (unpaired) electrons. The number of methoxy groups -OCH3 is 2. The van der Waals surface area contributed by atoms with Crippen molar-refractivity contribution in [2.45, 2.75) is 38.9 Å². The average Bonchev–Trinajstić information content (AvgIpc) is 2.80. The summed E-state index contributed by atoms with van der Waals surface area (Å²) in [5.41, 5.74) is 1.24. The van der Waals surface area contributed by atoms with Crippen LogP contribution in [0.2, 0.25) is 18.1 Å². The van der Waals surface area contributed by atoms with Crippen LogP contribution in [-0.2, 0) is 15.2 Å². The number of aliphatic hydroxyl groups excluding tert-OH is 1. The van der Waals surface area contributed by atoms with Crippen molar-refractivity contribution in [1.29, 1.82) is 0 Å². The van der Waals surface area contributed by atoms with Gasteiger partial charge in [0.1, 0.15) is 11.5 Å². The summed E-state index contributed by atoms with van der Waals surface area (Å²) in [5.74, 6) is 0.315. The number of benzene rings is 2. The molecule has 206 valence electrons. The zero-order valence-corrected chi connectivity index (χ0v) is 24.3. The summed E-state index contributed by atoms with van der Waals surface area (Å²) < 4.78 is 52.0. The van der Waals surface area contributed by atoms with Crippen LogP contribution in [0.25, 0.3) is 12.2 Å². The second kappa shape index (κ2) is 12.3. The third kappa shape index (κ3) is 9.09. The molecule has 0 aliphatic rings. The van der Waals surface area contributed by atoms with Crippen molar-refractivity contribution in [2.75, 3.05) is 14.2 Å². The zero-order valence-electron chi connectivity index (χ0n) is 22.5. The lowest BCUT2D eigenvalue weighted by molar-refractivity contribution is -0.110. The molecule has 0 saturated heterocycles. The van der Waals surface area contributed by atoms with Crippen molar-refractivity contribution in [2.24, 2.45) is 0 Å². The van der Waals surface area contributed by atoms with Crippen LogP contribution in [0.15, 0.2) is 60.4 Å². The van der Waals surface area contributed by atoms with Crippen LogP contribution in [0.1, 0.15) is 31.9 Å². The number of carbonyl (C=O) groups excluding carboxylic acids is 1. The minimum Gasteiger partial charge on any atom is -0.541 e. The second-order valence-electron chi connectivity index (χ2n) is 9.83. The fourth-order valence-electron chi connectivity index (χ4n) is 2.87. The summed E-state index contributed by atoms with van der Waals surface area (Å²) in [7, 11) is -3.91. The van der Waals surface area contributed by atoms with E-state index in [0.29, 0.717) is 17.1 Å². The molecule has 0 atom stereocenters. The van der Waals surface area contributed by atoms with Crippen molar-refractivity contribution >= 4 is 36.7 Å². The lowest BCUT2D eigenvalue weighted by Crippen LogP contribution is -2.43. The predicted molar refractivity (Wildman–Crippen MR) is 150 cm³/mol. The number of allylic oxidation sites excluding steroid dienone is 3. The molecule has 2 rings (SSSR count). The molecule has 0 spiro atoms. The van der Waals surface area contributed by atoms with Gasteiger partial charge in [-0.15, -0.1) is 0 Å². The molecule has 38 heavy (non-hydrogen) atoms. The van der Waals surface area contributed by atoms with Crippen molar-refractivity contribution in [1.82, 2.24) is 0 Å². The van der Waals surface area contributed by atoms with Gasteiger partial charge in [0.25, 0.3) is 8.32 Å². The van der Waals surface area contributed by atoms with E-state index in [9.17, 15) is 18.3 Å². The van der Waals surface area contributed by atoms with E-state index in [1.165, 1.54) is 43.5 Å². The van der Waals surface area contributed by atoms with E-state index in [-0.39, 0.29) is 22.3 Å². The van der Waals surface area contributed by atoms with Gasteiger partial charge in [-0.2, -0.15) is 8.42 Å². The molecule has 0 fully saturated rings. The number of ether oxygens (including phenoxy) is 2. The first-order valence-corrected chi connectivity index (χ1v) is 15.8. The maximum atomic E-state index is 12.2. The van der Waals surface area contributed by atoms with Gasteiger partial charge in [0, 0.05) is 6.08 Å². The molecule has 0 aliphatic heterocycles. The fraction of sp³-hybridized carbons (Fsp3) is 0.296. The highest BCUT2D eigenvalue weighted by molar-refractivity contribution is 7.81. The Labute approximate surface area is 225 Å². The molecule has 0 unspecified atom stereocenters. The Balaban J connectivity index is 2.12. The summed E-state index contributed by atoms with van der Waals surface area (Å²) in [6.45, 7) is 10.8. The van der Waals surface area contributed by atoms with Crippen molar-refractivity contribution in [3.05, 3.63) is 71.5 Å². The Morgan fingerprint density at radius 1 is 0.868 bits per heavy atom. The summed E-state index contributed by atoms with van der Waals surface area (Å²) in [6, 6.07) is 9.59. The van der Waals surface area contributed by atoms with Crippen LogP contribution in [0.4, 0.5) is 0 Å². The molecule has 0 amide bonds. The third-order valence-electron chi connectivity index (χ3n) is 5.92. The van der Waals surface area contributed by atoms with E-state index < -0.39 is 24.5 Å². The molecular weight excluding hydrogens is 528 g/mol. The zero-order chi connectivity index (χ0) is 28.7. The third-order valence-corrected chi connectivity index (χ3v) is 10.7. The fourth-order valence-corrected chi connectivity index (χ4v) is 4.26. The Bertz CT molecular complexity index is 1350. The number of aliphatic hydroxyl groups is 1. The SMILES string of the molecule is COc1cc(/C=C/C(O)=C/C(=O)/C=C/c2ccc(OS(=O)(=O)O)c(OC)c2)ccc1O[Si](C)(C)C(C)(C)C. The Morgan fingerprint density at radius 3 is 1.87 bits per heavy atom. The van der Waals surface area contributed by atoms with Crippen LogP contribution in [0, 0.1) is 0 Å². The largest absolute Gasteiger partial charge is 0.541 e. The predicted octanol–water partition coefficient (Wildman–Crippen LogP) is 6.01. The van der Waals surface area contributed by atoms with Gasteiger partial charge in [0.05, 0.1) is 14.2 Å². The van der Waals surface area contributed by atoms with Crippen molar-refractivity contribution in [3.8, 4) is 23.0 Å². The Kier molecular flexibility index (Phi) is 9.96. The smallest absolute Gasteiger partial charge is 0.446 e. The van der Waals surface area contributed by atoms with Crippen LogP contribution in [0.3, 0.4) is 0 Å². The van der Waals surface area contributed by atoms with Gasteiger partial charge in [0.15, 0.2) is 23.0 Å². The molecule has 11 heteroatoms. The first-order chi connectivity index (χ1) is 17.5. The quantitative estimate of drug-likeness (QED) is 0.111. The normalized spacial score (nSPS) is 13.1. The summed E-state index contributed by atoms with van der Waals surface area (Å²) >= 11 is 0.